The zero-order valence-electron chi connectivity index (χ0n) is 8.99. The van der Waals surface area contributed by atoms with E-state index in [0.717, 1.165) is 12.8 Å². The third-order valence-electron chi connectivity index (χ3n) is 1.95. The smallest absolute Gasteiger partial charge is 0.264 e. The van der Waals surface area contributed by atoms with Crippen LogP contribution in [0.3, 0.4) is 0 Å². The maximum Gasteiger partial charge on any atom is 0.264 e. The second-order valence-electron chi connectivity index (χ2n) is 4.59. The molecule has 0 aromatic heterocycles. The van der Waals surface area contributed by atoms with Crippen molar-refractivity contribution in [1.29, 1.82) is 0 Å². The minimum atomic E-state index is -3.37. The topological polar surface area (TPSA) is 43.4 Å². The molecule has 0 fully saturated rings. The Kier molecular flexibility index (Phi) is 3.55. The Labute approximate surface area is 87.4 Å². The van der Waals surface area contributed by atoms with Gasteiger partial charge in [-0.25, -0.2) is 0 Å². The average molecular weight is 234 g/mol. The quantitative estimate of drug-likeness (QED) is 0.556. The molecule has 0 amide bonds. The first-order chi connectivity index (χ1) is 6.31. The van der Waals surface area contributed by atoms with Gasteiger partial charge in [-0.2, -0.15) is 8.42 Å². The fourth-order valence-corrected chi connectivity index (χ4v) is 5.47. The van der Waals surface area contributed by atoms with E-state index in [-0.39, 0.29) is 0 Å². The SMILES string of the molecule is C[Si](C)(C)OS(=O)(=O)C1C=CCCC1. The zero-order valence-corrected chi connectivity index (χ0v) is 10.8. The van der Waals surface area contributed by atoms with Crippen LogP contribution in [0.1, 0.15) is 19.3 Å². The first-order valence-electron chi connectivity index (χ1n) is 4.92. The Hall–Kier alpha value is -0.133. The molecule has 1 rings (SSSR count). The van der Waals surface area contributed by atoms with Gasteiger partial charge in [0.25, 0.3) is 10.1 Å². The Morgan fingerprint density at radius 1 is 1.36 bits per heavy atom. The van der Waals surface area contributed by atoms with Crippen molar-refractivity contribution in [2.24, 2.45) is 0 Å². The molecule has 3 nitrogen and oxygen atoms in total. The molecule has 82 valence electrons. The lowest BCUT2D eigenvalue weighted by atomic mass is 10.1. The van der Waals surface area contributed by atoms with E-state index in [2.05, 4.69) is 0 Å². The summed E-state index contributed by atoms with van der Waals surface area (Å²) >= 11 is 0. The summed E-state index contributed by atoms with van der Waals surface area (Å²) < 4.78 is 28.7. The van der Waals surface area contributed by atoms with Crippen LogP contribution in [0.4, 0.5) is 0 Å². The standard InChI is InChI=1S/C9H18O3SSi/c1-14(2,3)12-13(10,11)9-7-5-4-6-8-9/h5,7,9H,4,6,8H2,1-3H3. The van der Waals surface area contributed by atoms with E-state index in [1.54, 1.807) is 6.08 Å². The molecule has 1 aliphatic rings. The maximum absolute atomic E-state index is 11.8. The molecular weight excluding hydrogens is 216 g/mol. The van der Waals surface area contributed by atoms with E-state index in [4.69, 9.17) is 3.87 Å². The van der Waals surface area contributed by atoms with Gasteiger partial charge in [-0.15, -0.1) is 0 Å². The summed E-state index contributed by atoms with van der Waals surface area (Å²) in [6.45, 7) is 5.66. The molecule has 0 N–H and O–H groups in total. The van der Waals surface area contributed by atoms with Gasteiger partial charge in [0.1, 0.15) is 5.25 Å². The van der Waals surface area contributed by atoms with E-state index in [1.807, 2.05) is 25.7 Å². The molecule has 0 aliphatic heterocycles. The van der Waals surface area contributed by atoms with Crippen LogP contribution >= 0.6 is 0 Å². The number of rotatable bonds is 3. The largest absolute Gasteiger partial charge is 0.315 e. The van der Waals surface area contributed by atoms with Crippen molar-refractivity contribution in [1.82, 2.24) is 0 Å². The molecule has 5 heteroatoms. The third-order valence-corrected chi connectivity index (χ3v) is 6.01. The van der Waals surface area contributed by atoms with Crippen LogP contribution in [0.5, 0.6) is 0 Å². The van der Waals surface area contributed by atoms with Crippen LogP contribution in [0, 0.1) is 0 Å². The molecular formula is C9H18O3SSi. The summed E-state index contributed by atoms with van der Waals surface area (Å²) in [4.78, 5) is 0. The third kappa shape index (κ3) is 3.55. The molecule has 0 aromatic carbocycles. The van der Waals surface area contributed by atoms with Crippen LogP contribution in [-0.2, 0) is 14.0 Å². The van der Waals surface area contributed by atoms with Gasteiger partial charge in [0.05, 0.1) is 0 Å². The van der Waals surface area contributed by atoms with Crippen LogP contribution in [0.25, 0.3) is 0 Å². The van der Waals surface area contributed by atoms with Gasteiger partial charge in [0.2, 0.25) is 8.32 Å². The van der Waals surface area contributed by atoms with E-state index >= 15 is 0 Å². The molecule has 0 heterocycles. The Morgan fingerprint density at radius 3 is 2.43 bits per heavy atom. The number of hydrogen-bond donors (Lipinski definition) is 0. The number of hydrogen-bond acceptors (Lipinski definition) is 3. The predicted octanol–water partition coefficient (Wildman–Crippen LogP) is 2.28. The molecule has 14 heavy (non-hydrogen) atoms. The highest BCUT2D eigenvalue weighted by molar-refractivity contribution is 7.88. The minimum Gasteiger partial charge on any atom is -0.315 e. The van der Waals surface area contributed by atoms with Crippen molar-refractivity contribution in [2.75, 3.05) is 0 Å². The van der Waals surface area contributed by atoms with Crippen molar-refractivity contribution in [3.05, 3.63) is 12.2 Å². The van der Waals surface area contributed by atoms with Gasteiger partial charge < -0.3 is 3.87 Å². The van der Waals surface area contributed by atoms with E-state index in [1.165, 1.54) is 0 Å². The summed E-state index contributed by atoms with van der Waals surface area (Å²) in [7, 11) is -5.36. The van der Waals surface area contributed by atoms with Crippen LogP contribution < -0.4 is 0 Å². The molecule has 0 saturated heterocycles. The normalized spacial score (nSPS) is 23.8. The minimum absolute atomic E-state index is 0.414. The first kappa shape index (κ1) is 11.9. The van der Waals surface area contributed by atoms with Crippen molar-refractivity contribution >= 4 is 18.4 Å². The summed E-state index contributed by atoms with van der Waals surface area (Å²) in [6.07, 6.45) is 6.32. The molecule has 0 saturated carbocycles. The van der Waals surface area contributed by atoms with Gasteiger partial charge in [-0.05, 0) is 38.9 Å². The molecule has 1 unspecified atom stereocenters. The molecule has 0 bridgehead atoms. The highest BCUT2D eigenvalue weighted by Crippen LogP contribution is 2.21. The van der Waals surface area contributed by atoms with Crippen LogP contribution in [0.15, 0.2) is 12.2 Å². The average Bonchev–Trinajstić information content (AvgIpc) is 2.01. The molecule has 0 aromatic rings. The van der Waals surface area contributed by atoms with Crippen molar-refractivity contribution in [2.45, 2.75) is 44.2 Å². The second kappa shape index (κ2) is 4.16. The Balaban J connectivity index is 2.75. The summed E-state index contributed by atoms with van der Waals surface area (Å²) in [6, 6.07) is 0. The van der Waals surface area contributed by atoms with Gasteiger partial charge in [0, 0.05) is 0 Å². The second-order valence-corrected chi connectivity index (χ2v) is 11.1. The Bertz CT molecular complexity index is 313. The summed E-state index contributed by atoms with van der Waals surface area (Å²) in [5, 5.41) is -0.414. The van der Waals surface area contributed by atoms with E-state index < -0.39 is 23.7 Å². The predicted molar refractivity (Wildman–Crippen MR) is 60.1 cm³/mol. The lowest BCUT2D eigenvalue weighted by Crippen LogP contribution is -2.34. The lowest BCUT2D eigenvalue weighted by molar-refractivity contribution is 0.471. The van der Waals surface area contributed by atoms with E-state index in [9.17, 15) is 8.42 Å². The first-order valence-corrected chi connectivity index (χ1v) is 9.80. The van der Waals surface area contributed by atoms with Crippen molar-refractivity contribution in [3.8, 4) is 0 Å². The number of allylic oxidation sites excluding steroid dienone is 1. The van der Waals surface area contributed by atoms with Gasteiger partial charge in [0.15, 0.2) is 0 Å². The van der Waals surface area contributed by atoms with Gasteiger partial charge >= 0.3 is 0 Å². The van der Waals surface area contributed by atoms with Gasteiger partial charge in [-0.1, -0.05) is 12.2 Å². The molecule has 1 aliphatic carbocycles. The summed E-state index contributed by atoms with van der Waals surface area (Å²) in [5.74, 6) is 0. The Morgan fingerprint density at radius 2 is 2.00 bits per heavy atom. The van der Waals surface area contributed by atoms with E-state index in [0.29, 0.717) is 6.42 Å². The van der Waals surface area contributed by atoms with Crippen molar-refractivity contribution in [3.63, 3.8) is 0 Å². The highest BCUT2D eigenvalue weighted by Gasteiger charge is 2.30. The highest BCUT2D eigenvalue weighted by atomic mass is 32.2. The monoisotopic (exact) mass is 234 g/mol. The fraction of sp³-hybridized carbons (Fsp3) is 0.778. The van der Waals surface area contributed by atoms with Crippen LogP contribution in [-0.4, -0.2) is 22.0 Å². The van der Waals surface area contributed by atoms with Gasteiger partial charge in [-0.3, -0.25) is 0 Å². The molecule has 0 spiro atoms. The van der Waals surface area contributed by atoms with Crippen molar-refractivity contribution < 1.29 is 12.3 Å². The zero-order chi connectivity index (χ0) is 10.8. The van der Waals surface area contributed by atoms with Crippen LogP contribution in [0.2, 0.25) is 19.6 Å². The lowest BCUT2D eigenvalue weighted by Gasteiger charge is -2.22. The maximum atomic E-state index is 11.8. The summed E-state index contributed by atoms with van der Waals surface area (Å²) in [5.41, 5.74) is 0. The molecule has 0 radical (unpaired) electrons. The molecule has 1 atom stereocenters. The fourth-order valence-electron chi connectivity index (χ4n) is 1.43.